The van der Waals surface area contributed by atoms with Crippen LogP contribution in [-0.4, -0.2) is 22.0 Å². The zero-order chi connectivity index (χ0) is 19.7. The summed E-state index contributed by atoms with van der Waals surface area (Å²) in [6.45, 7) is 0. The summed E-state index contributed by atoms with van der Waals surface area (Å²) in [5.74, 6) is 0. The number of isocyanates is 2. The van der Waals surface area contributed by atoms with Crippen LogP contribution in [0.3, 0.4) is 0 Å². The van der Waals surface area contributed by atoms with E-state index in [-0.39, 0.29) is 32.8 Å². The lowest BCUT2D eigenvalue weighted by Gasteiger charge is -1.94. The molecule has 26 heavy (non-hydrogen) atoms. The number of non-ortho nitro benzene ring substituents is 1. The predicted octanol–water partition coefficient (Wildman–Crippen LogP) is 4.43. The highest BCUT2D eigenvalue weighted by Crippen LogP contribution is 2.29. The third-order valence-electron chi connectivity index (χ3n) is 2.61. The van der Waals surface area contributed by atoms with Gasteiger partial charge in [-0.25, -0.2) is 9.59 Å². The molecule has 2 rings (SSSR count). The molecule has 2 aromatic carbocycles. The van der Waals surface area contributed by atoms with Gasteiger partial charge in [-0.1, -0.05) is 23.2 Å². The van der Waals surface area contributed by atoms with Crippen LogP contribution in [0.1, 0.15) is 0 Å². The van der Waals surface area contributed by atoms with Crippen LogP contribution in [-0.2, 0) is 9.59 Å². The summed E-state index contributed by atoms with van der Waals surface area (Å²) >= 11 is 11.1. The molecule has 0 saturated carbocycles. The molecule has 132 valence electrons. The van der Waals surface area contributed by atoms with Gasteiger partial charge in [0.1, 0.15) is 5.02 Å². The van der Waals surface area contributed by atoms with Crippen LogP contribution in [0.2, 0.25) is 10.0 Å². The Morgan fingerprint density at radius 1 is 0.846 bits per heavy atom. The molecule has 0 N–H and O–H groups in total. The number of nitro benzene ring substituents is 2. The molecular weight excluding hydrogens is 391 g/mol. The van der Waals surface area contributed by atoms with E-state index in [0.717, 1.165) is 12.1 Å². The van der Waals surface area contributed by atoms with Crippen molar-refractivity contribution >= 4 is 58.1 Å². The Balaban J connectivity index is 0.000000260. The number of nitrogens with zero attached hydrogens (tertiary/aromatic N) is 4. The van der Waals surface area contributed by atoms with Crippen molar-refractivity contribution in [2.75, 3.05) is 0 Å². The fraction of sp³-hybridized carbons (Fsp3) is 0. The highest BCUT2D eigenvalue weighted by Gasteiger charge is 2.12. The van der Waals surface area contributed by atoms with E-state index in [1.54, 1.807) is 0 Å². The summed E-state index contributed by atoms with van der Waals surface area (Å²) in [5, 5.41) is 20.7. The van der Waals surface area contributed by atoms with Crippen molar-refractivity contribution in [2.45, 2.75) is 0 Å². The fourth-order valence-electron chi connectivity index (χ4n) is 1.51. The molecule has 0 fully saturated rings. The average molecular weight is 397 g/mol. The Bertz CT molecular complexity index is 952. The van der Waals surface area contributed by atoms with E-state index in [1.807, 2.05) is 0 Å². The zero-order valence-electron chi connectivity index (χ0n) is 12.5. The minimum Gasteiger partial charge on any atom is -0.258 e. The third kappa shape index (κ3) is 5.90. The van der Waals surface area contributed by atoms with Gasteiger partial charge in [0.25, 0.3) is 11.4 Å². The van der Waals surface area contributed by atoms with E-state index in [4.69, 9.17) is 23.2 Å². The molecule has 0 atom stereocenters. The smallest absolute Gasteiger partial charge is 0.258 e. The van der Waals surface area contributed by atoms with Crippen LogP contribution in [0.5, 0.6) is 0 Å². The summed E-state index contributed by atoms with van der Waals surface area (Å²) in [5.41, 5.74) is -0.0959. The molecule has 0 unspecified atom stereocenters. The number of hydrogen-bond donors (Lipinski definition) is 0. The number of carbonyl (C=O) groups excluding carboxylic acids is 2. The highest BCUT2D eigenvalue weighted by atomic mass is 35.5. The summed E-state index contributed by atoms with van der Waals surface area (Å²) in [4.78, 5) is 45.6. The number of halogens is 2. The van der Waals surface area contributed by atoms with E-state index < -0.39 is 9.85 Å². The molecule has 0 saturated heterocycles. The van der Waals surface area contributed by atoms with Crippen molar-refractivity contribution in [3.63, 3.8) is 0 Å². The average Bonchev–Trinajstić information content (AvgIpc) is 2.59. The topological polar surface area (TPSA) is 145 Å². The Kier molecular flexibility index (Phi) is 7.75. The summed E-state index contributed by atoms with van der Waals surface area (Å²) < 4.78 is 0. The first kappa shape index (κ1) is 20.6. The van der Waals surface area contributed by atoms with Gasteiger partial charge in [-0.05, 0) is 18.2 Å². The first-order valence-corrected chi connectivity index (χ1v) is 7.09. The largest absolute Gasteiger partial charge is 0.290 e. The lowest BCUT2D eigenvalue weighted by Crippen LogP contribution is -1.87. The molecule has 0 amide bonds. The second-order valence-corrected chi connectivity index (χ2v) is 5.01. The molecule has 2 aromatic rings. The van der Waals surface area contributed by atoms with E-state index in [9.17, 15) is 29.8 Å². The van der Waals surface area contributed by atoms with Gasteiger partial charge in [0.15, 0.2) is 0 Å². The van der Waals surface area contributed by atoms with Crippen LogP contribution < -0.4 is 0 Å². The molecule has 0 spiro atoms. The lowest BCUT2D eigenvalue weighted by molar-refractivity contribution is -0.384. The third-order valence-corrected chi connectivity index (χ3v) is 3.23. The van der Waals surface area contributed by atoms with Crippen LogP contribution in [0.25, 0.3) is 0 Å². The van der Waals surface area contributed by atoms with E-state index in [1.165, 1.54) is 36.4 Å². The SMILES string of the molecule is O=C=Nc1ccc(Cl)c([N+](=O)[O-])c1.O=C=Nc1ccc([N+](=O)[O-])cc1Cl. The van der Waals surface area contributed by atoms with E-state index >= 15 is 0 Å². The predicted molar refractivity (Wildman–Crippen MR) is 91.8 cm³/mol. The van der Waals surface area contributed by atoms with Gasteiger partial charge < -0.3 is 0 Å². The first-order valence-electron chi connectivity index (χ1n) is 6.33. The van der Waals surface area contributed by atoms with Crippen LogP contribution in [0, 0.1) is 20.2 Å². The van der Waals surface area contributed by atoms with Crippen molar-refractivity contribution in [3.8, 4) is 0 Å². The second-order valence-electron chi connectivity index (χ2n) is 4.19. The van der Waals surface area contributed by atoms with Crippen LogP contribution in [0.15, 0.2) is 46.4 Å². The number of aliphatic imine (C=N–C) groups is 2. The van der Waals surface area contributed by atoms with Gasteiger partial charge in [-0.2, -0.15) is 9.98 Å². The van der Waals surface area contributed by atoms with Crippen molar-refractivity contribution in [1.29, 1.82) is 0 Å². The van der Waals surface area contributed by atoms with Crippen molar-refractivity contribution < 1.29 is 19.4 Å². The fourth-order valence-corrected chi connectivity index (χ4v) is 1.92. The molecule has 12 heteroatoms. The molecule has 0 heterocycles. The molecule has 0 aliphatic carbocycles. The van der Waals surface area contributed by atoms with Gasteiger partial charge in [0.05, 0.1) is 26.2 Å². The van der Waals surface area contributed by atoms with E-state index in [2.05, 4.69) is 9.98 Å². The molecule has 0 radical (unpaired) electrons. The number of rotatable bonds is 4. The normalized spacial score (nSPS) is 9.00. The quantitative estimate of drug-likeness (QED) is 0.323. The highest BCUT2D eigenvalue weighted by molar-refractivity contribution is 6.33. The Morgan fingerprint density at radius 2 is 1.50 bits per heavy atom. The van der Waals surface area contributed by atoms with Gasteiger partial charge in [-0.3, -0.25) is 20.2 Å². The van der Waals surface area contributed by atoms with Crippen LogP contribution in [0.4, 0.5) is 22.7 Å². The second kappa shape index (κ2) is 9.77. The molecular formula is C14H6Cl2N4O6. The van der Waals surface area contributed by atoms with Gasteiger partial charge >= 0.3 is 0 Å². The standard InChI is InChI=1S/2C7H3ClN2O3/c8-6-3-5(10(12)13)1-2-7(6)9-4-11;8-6-2-1-5(9-4-11)3-7(6)10(12)13/h2*1-3H. The maximum atomic E-state index is 10.4. The molecule has 0 bridgehead atoms. The Morgan fingerprint density at radius 3 is 2.00 bits per heavy atom. The zero-order valence-corrected chi connectivity index (χ0v) is 14.0. The summed E-state index contributed by atoms with van der Waals surface area (Å²) in [6, 6.07) is 7.41. The van der Waals surface area contributed by atoms with Crippen molar-refractivity contribution in [3.05, 3.63) is 66.7 Å². The molecule has 0 aromatic heterocycles. The van der Waals surface area contributed by atoms with Crippen LogP contribution >= 0.6 is 23.2 Å². The minimum absolute atomic E-state index is 0.00912. The number of hydrogen-bond acceptors (Lipinski definition) is 8. The van der Waals surface area contributed by atoms with E-state index in [0.29, 0.717) is 0 Å². The molecule has 0 aliphatic rings. The number of nitro groups is 2. The Hall–Kier alpha value is -3.42. The number of benzene rings is 2. The van der Waals surface area contributed by atoms with Gasteiger partial charge in [0.2, 0.25) is 12.2 Å². The molecule has 0 aliphatic heterocycles. The molecule has 10 nitrogen and oxygen atoms in total. The van der Waals surface area contributed by atoms with Gasteiger partial charge in [0, 0.05) is 18.2 Å². The Labute approximate surface area is 154 Å². The maximum absolute atomic E-state index is 10.4. The first-order chi connectivity index (χ1) is 12.3. The summed E-state index contributed by atoms with van der Waals surface area (Å²) in [7, 11) is 0. The summed E-state index contributed by atoms with van der Waals surface area (Å²) in [6.07, 6.45) is 2.57. The van der Waals surface area contributed by atoms with Crippen molar-refractivity contribution in [2.24, 2.45) is 9.98 Å². The van der Waals surface area contributed by atoms with Gasteiger partial charge in [-0.15, -0.1) is 0 Å². The monoisotopic (exact) mass is 396 g/mol. The minimum atomic E-state index is -0.647. The maximum Gasteiger partial charge on any atom is 0.290 e. The lowest BCUT2D eigenvalue weighted by atomic mass is 10.3. The van der Waals surface area contributed by atoms with Crippen molar-refractivity contribution in [1.82, 2.24) is 0 Å².